The van der Waals surface area contributed by atoms with Gasteiger partial charge in [-0.25, -0.2) is 9.67 Å². The van der Waals surface area contributed by atoms with Crippen LogP contribution in [0.1, 0.15) is 25.2 Å². The molecule has 6 heteroatoms. The van der Waals surface area contributed by atoms with E-state index in [4.69, 9.17) is 0 Å². The number of anilines is 1. The minimum atomic E-state index is 0.163. The van der Waals surface area contributed by atoms with Crippen molar-refractivity contribution in [2.75, 3.05) is 18.1 Å². The summed E-state index contributed by atoms with van der Waals surface area (Å²) >= 11 is 1.82. The van der Waals surface area contributed by atoms with Gasteiger partial charge in [-0.3, -0.25) is 4.98 Å². The molecule has 0 saturated carbocycles. The van der Waals surface area contributed by atoms with Crippen molar-refractivity contribution >= 4 is 17.6 Å². The number of rotatable bonds is 5. The summed E-state index contributed by atoms with van der Waals surface area (Å²) in [6.07, 6.45) is 5.58. The lowest BCUT2D eigenvalue weighted by molar-refractivity contribution is 0.746. The van der Waals surface area contributed by atoms with Crippen molar-refractivity contribution in [1.82, 2.24) is 19.7 Å². The van der Waals surface area contributed by atoms with E-state index in [1.54, 1.807) is 12.4 Å². The van der Waals surface area contributed by atoms with Crippen LogP contribution in [-0.4, -0.2) is 37.3 Å². The Hall–Kier alpha value is -1.56. The molecule has 0 bridgehead atoms. The average molecular weight is 291 g/mol. The van der Waals surface area contributed by atoms with Crippen molar-refractivity contribution < 1.29 is 0 Å². The molecule has 5 nitrogen and oxygen atoms in total. The maximum absolute atomic E-state index is 4.57. The number of nitrogens with zero attached hydrogens (tertiary/aromatic N) is 4. The third-order valence-corrected chi connectivity index (χ3v) is 4.35. The Bertz CT molecular complexity index is 591. The SMILES string of the molecule is CSC(C)(C)CNc1cncc(-n2nc(C)cc2C)n1. The second kappa shape index (κ2) is 5.83. The van der Waals surface area contributed by atoms with Crippen LogP contribution in [0.5, 0.6) is 0 Å². The van der Waals surface area contributed by atoms with Gasteiger partial charge >= 0.3 is 0 Å². The number of hydrogen-bond acceptors (Lipinski definition) is 5. The minimum absolute atomic E-state index is 0.163. The molecule has 108 valence electrons. The Balaban J connectivity index is 2.18. The lowest BCUT2D eigenvalue weighted by atomic mass is 10.2. The molecule has 0 aliphatic carbocycles. The number of aryl methyl sites for hydroxylation is 2. The van der Waals surface area contributed by atoms with E-state index in [2.05, 4.69) is 40.5 Å². The van der Waals surface area contributed by atoms with Crippen LogP contribution in [0.15, 0.2) is 18.5 Å². The molecule has 0 aromatic carbocycles. The van der Waals surface area contributed by atoms with E-state index in [0.29, 0.717) is 0 Å². The molecule has 2 aromatic rings. The molecule has 20 heavy (non-hydrogen) atoms. The van der Waals surface area contributed by atoms with Crippen LogP contribution in [-0.2, 0) is 0 Å². The fourth-order valence-corrected chi connectivity index (χ4v) is 2.00. The molecule has 0 aliphatic heterocycles. The quantitative estimate of drug-likeness (QED) is 0.918. The molecule has 2 aromatic heterocycles. The molecule has 0 radical (unpaired) electrons. The Kier molecular flexibility index (Phi) is 4.32. The second-order valence-electron chi connectivity index (χ2n) is 5.42. The summed E-state index contributed by atoms with van der Waals surface area (Å²) in [5.74, 6) is 1.51. The van der Waals surface area contributed by atoms with Crippen molar-refractivity contribution in [1.29, 1.82) is 0 Å². The first-order valence-corrected chi connectivity index (χ1v) is 7.78. The molecular formula is C14H21N5S. The van der Waals surface area contributed by atoms with Crippen LogP contribution >= 0.6 is 11.8 Å². The fraction of sp³-hybridized carbons (Fsp3) is 0.500. The van der Waals surface area contributed by atoms with E-state index in [1.807, 2.05) is 36.4 Å². The van der Waals surface area contributed by atoms with E-state index in [1.165, 1.54) is 0 Å². The van der Waals surface area contributed by atoms with Crippen LogP contribution in [0.3, 0.4) is 0 Å². The van der Waals surface area contributed by atoms with Crippen LogP contribution in [0.4, 0.5) is 5.82 Å². The Morgan fingerprint density at radius 1 is 1.30 bits per heavy atom. The van der Waals surface area contributed by atoms with Gasteiger partial charge < -0.3 is 5.32 Å². The maximum atomic E-state index is 4.57. The van der Waals surface area contributed by atoms with Gasteiger partial charge in [0, 0.05) is 17.0 Å². The summed E-state index contributed by atoms with van der Waals surface area (Å²) in [6.45, 7) is 9.22. The van der Waals surface area contributed by atoms with Gasteiger partial charge in [0.05, 0.1) is 18.1 Å². The summed E-state index contributed by atoms with van der Waals surface area (Å²) in [6, 6.07) is 2.03. The molecule has 2 rings (SSSR count). The summed E-state index contributed by atoms with van der Waals surface area (Å²) < 4.78 is 1.98. The smallest absolute Gasteiger partial charge is 0.174 e. The molecule has 0 amide bonds. The molecule has 0 saturated heterocycles. The molecule has 0 atom stereocenters. The van der Waals surface area contributed by atoms with Crippen molar-refractivity contribution in [2.24, 2.45) is 0 Å². The topological polar surface area (TPSA) is 55.6 Å². The van der Waals surface area contributed by atoms with E-state index in [9.17, 15) is 0 Å². The van der Waals surface area contributed by atoms with E-state index >= 15 is 0 Å². The third kappa shape index (κ3) is 3.50. The molecular weight excluding hydrogens is 270 g/mol. The molecule has 0 spiro atoms. The van der Waals surface area contributed by atoms with Crippen LogP contribution in [0, 0.1) is 13.8 Å². The van der Waals surface area contributed by atoms with Gasteiger partial charge in [-0.05, 0) is 40.0 Å². The van der Waals surface area contributed by atoms with Gasteiger partial charge in [-0.2, -0.15) is 16.9 Å². The van der Waals surface area contributed by atoms with Crippen molar-refractivity contribution in [3.8, 4) is 5.82 Å². The Labute approximate surface area is 124 Å². The zero-order chi connectivity index (χ0) is 14.8. The van der Waals surface area contributed by atoms with Gasteiger partial charge in [-0.1, -0.05) is 0 Å². The predicted octanol–water partition coefficient (Wildman–Crippen LogP) is 2.83. The zero-order valence-electron chi connectivity index (χ0n) is 12.6. The fourth-order valence-electron chi connectivity index (χ4n) is 1.78. The summed E-state index contributed by atoms with van der Waals surface area (Å²) in [5, 5.41) is 7.77. The lowest BCUT2D eigenvalue weighted by Gasteiger charge is -2.22. The standard InChI is InChI=1S/C14H21N5S/c1-10-6-11(2)19(18-10)13-8-15-7-12(17-13)16-9-14(3,4)20-5/h6-8H,9H2,1-5H3,(H,16,17). The van der Waals surface area contributed by atoms with Crippen molar-refractivity contribution in [3.05, 3.63) is 29.8 Å². The minimum Gasteiger partial charge on any atom is -0.367 e. The zero-order valence-corrected chi connectivity index (χ0v) is 13.5. The molecule has 0 aliphatic rings. The highest BCUT2D eigenvalue weighted by atomic mass is 32.2. The molecule has 1 N–H and O–H groups in total. The highest BCUT2D eigenvalue weighted by molar-refractivity contribution is 7.99. The van der Waals surface area contributed by atoms with E-state index in [0.717, 1.165) is 29.6 Å². The Morgan fingerprint density at radius 2 is 2.05 bits per heavy atom. The Morgan fingerprint density at radius 3 is 2.65 bits per heavy atom. The van der Waals surface area contributed by atoms with Gasteiger partial charge in [0.2, 0.25) is 0 Å². The number of thioether (sulfide) groups is 1. The summed E-state index contributed by atoms with van der Waals surface area (Å²) in [7, 11) is 0. The first-order valence-electron chi connectivity index (χ1n) is 6.56. The highest BCUT2D eigenvalue weighted by Gasteiger charge is 2.16. The van der Waals surface area contributed by atoms with Gasteiger partial charge in [-0.15, -0.1) is 0 Å². The second-order valence-corrected chi connectivity index (χ2v) is 6.93. The maximum Gasteiger partial charge on any atom is 0.174 e. The summed E-state index contributed by atoms with van der Waals surface area (Å²) in [4.78, 5) is 8.82. The highest BCUT2D eigenvalue weighted by Crippen LogP contribution is 2.21. The van der Waals surface area contributed by atoms with Crippen LogP contribution < -0.4 is 5.32 Å². The van der Waals surface area contributed by atoms with Crippen molar-refractivity contribution in [2.45, 2.75) is 32.4 Å². The molecule has 2 heterocycles. The summed E-state index contributed by atoms with van der Waals surface area (Å²) in [5.41, 5.74) is 2.03. The molecule has 0 unspecified atom stereocenters. The third-order valence-electron chi connectivity index (χ3n) is 3.10. The normalized spacial score (nSPS) is 11.7. The first-order chi connectivity index (χ1) is 9.41. The van der Waals surface area contributed by atoms with Crippen LogP contribution in [0.2, 0.25) is 0 Å². The van der Waals surface area contributed by atoms with Gasteiger partial charge in [0.15, 0.2) is 5.82 Å². The first kappa shape index (κ1) is 14.8. The van der Waals surface area contributed by atoms with Crippen molar-refractivity contribution in [3.63, 3.8) is 0 Å². The average Bonchev–Trinajstić information content (AvgIpc) is 2.76. The van der Waals surface area contributed by atoms with Crippen LogP contribution in [0.25, 0.3) is 5.82 Å². The predicted molar refractivity (Wildman–Crippen MR) is 84.7 cm³/mol. The largest absolute Gasteiger partial charge is 0.367 e. The lowest BCUT2D eigenvalue weighted by Crippen LogP contribution is -2.26. The van der Waals surface area contributed by atoms with E-state index in [-0.39, 0.29) is 4.75 Å². The monoisotopic (exact) mass is 291 g/mol. The van der Waals surface area contributed by atoms with Gasteiger partial charge in [0.25, 0.3) is 0 Å². The number of nitrogens with one attached hydrogen (secondary N) is 1. The van der Waals surface area contributed by atoms with Gasteiger partial charge in [0.1, 0.15) is 5.82 Å². The molecule has 0 fully saturated rings. The number of aromatic nitrogens is 4. The number of hydrogen-bond donors (Lipinski definition) is 1. The van der Waals surface area contributed by atoms with E-state index < -0.39 is 0 Å².